The molecular formula is C36H43ClF3N5O7S. The summed E-state index contributed by atoms with van der Waals surface area (Å²) in [6.07, 6.45) is -6.24. The monoisotopic (exact) mass is 781 g/mol. The van der Waals surface area contributed by atoms with E-state index in [2.05, 4.69) is 10.1 Å². The number of halogens is 4. The summed E-state index contributed by atoms with van der Waals surface area (Å²) in [6, 6.07) is 14.5. The van der Waals surface area contributed by atoms with Crippen molar-refractivity contribution in [1.29, 1.82) is 0 Å². The highest BCUT2D eigenvalue weighted by Crippen LogP contribution is 2.27. The number of imide groups is 1. The highest BCUT2D eigenvalue weighted by atomic mass is 35.5. The summed E-state index contributed by atoms with van der Waals surface area (Å²) >= 11 is 6.03. The summed E-state index contributed by atoms with van der Waals surface area (Å²) in [7, 11) is -4.20. The Hall–Kier alpha value is -4.38. The first-order chi connectivity index (χ1) is 24.8. The Morgan fingerprint density at radius 2 is 1.64 bits per heavy atom. The number of nitrogens with zero attached hydrogens (tertiary/aromatic N) is 3. The summed E-state index contributed by atoms with van der Waals surface area (Å²) in [5.41, 5.74) is 7.04. The van der Waals surface area contributed by atoms with Gasteiger partial charge in [-0.15, -0.1) is 13.2 Å². The number of hydrogen-bond acceptors (Lipinski definition) is 8. The van der Waals surface area contributed by atoms with E-state index in [-0.39, 0.29) is 41.0 Å². The lowest BCUT2D eigenvalue weighted by molar-refractivity contribution is -0.274. The Balaban J connectivity index is 1.57. The largest absolute Gasteiger partial charge is 0.573 e. The summed E-state index contributed by atoms with van der Waals surface area (Å²) in [5.74, 6) is -2.44. The number of carbonyl (C=O) groups is 3. The molecule has 4 N–H and O–H groups in total. The zero-order valence-electron chi connectivity index (χ0n) is 29.6. The Labute approximate surface area is 311 Å². The SMILES string of the molecule is CC(C)CN(C[C@H](O)[C@H](Cc1ccccc1)NC(=O)[C@H](C(C)C)N1CC(=O)N(Cc2ccc(OC(F)(F)F)cc2)C1=O)S(=O)(=O)c1ccc(Cl)c(N)c1. The summed E-state index contributed by atoms with van der Waals surface area (Å²) in [4.78, 5) is 42.7. The number of sulfonamides is 1. The molecule has 3 aromatic carbocycles. The number of rotatable bonds is 16. The maximum absolute atomic E-state index is 14.1. The molecule has 0 radical (unpaired) electrons. The van der Waals surface area contributed by atoms with E-state index in [1.807, 2.05) is 13.8 Å². The maximum Gasteiger partial charge on any atom is 0.573 e. The van der Waals surface area contributed by atoms with Crippen LogP contribution in [0.15, 0.2) is 77.7 Å². The third kappa shape index (κ3) is 10.8. The first-order valence-electron chi connectivity index (χ1n) is 16.8. The van der Waals surface area contributed by atoms with Crippen LogP contribution in [0.5, 0.6) is 5.75 Å². The van der Waals surface area contributed by atoms with Crippen LogP contribution in [0.2, 0.25) is 5.02 Å². The van der Waals surface area contributed by atoms with Gasteiger partial charge in [0.1, 0.15) is 18.3 Å². The Morgan fingerprint density at radius 3 is 2.21 bits per heavy atom. The second kappa shape index (κ2) is 17.2. The molecule has 0 unspecified atom stereocenters. The van der Waals surface area contributed by atoms with Crippen LogP contribution in [0.4, 0.5) is 23.7 Å². The highest BCUT2D eigenvalue weighted by Gasteiger charge is 2.44. The van der Waals surface area contributed by atoms with Gasteiger partial charge in [0.05, 0.1) is 34.3 Å². The van der Waals surface area contributed by atoms with Gasteiger partial charge in [0.25, 0.3) is 5.91 Å². The van der Waals surface area contributed by atoms with Crippen molar-refractivity contribution in [2.24, 2.45) is 11.8 Å². The van der Waals surface area contributed by atoms with Crippen molar-refractivity contribution < 1.29 is 45.8 Å². The number of nitrogen functional groups attached to an aromatic ring is 1. The molecule has 0 aliphatic carbocycles. The lowest BCUT2D eigenvalue weighted by Gasteiger charge is -2.34. The van der Waals surface area contributed by atoms with Crippen molar-refractivity contribution in [2.45, 2.75) is 70.1 Å². The molecule has 4 amide bonds. The Morgan fingerprint density at radius 1 is 1.00 bits per heavy atom. The number of ether oxygens (including phenoxy) is 1. The van der Waals surface area contributed by atoms with Crippen molar-refractivity contribution in [3.63, 3.8) is 0 Å². The van der Waals surface area contributed by atoms with Crippen molar-refractivity contribution in [2.75, 3.05) is 25.4 Å². The van der Waals surface area contributed by atoms with Crippen molar-refractivity contribution in [3.05, 3.63) is 88.9 Å². The second-order valence-corrected chi connectivity index (χ2v) is 15.9. The van der Waals surface area contributed by atoms with Crippen molar-refractivity contribution in [1.82, 2.24) is 19.4 Å². The Bertz CT molecular complexity index is 1870. The summed E-state index contributed by atoms with van der Waals surface area (Å²) < 4.78 is 70.4. The van der Waals surface area contributed by atoms with Crippen LogP contribution in [0.25, 0.3) is 0 Å². The summed E-state index contributed by atoms with van der Waals surface area (Å²) in [5, 5.41) is 14.7. The molecule has 4 rings (SSSR count). The Kier molecular flexibility index (Phi) is 13.4. The topological polar surface area (TPSA) is 163 Å². The van der Waals surface area contributed by atoms with Crippen LogP contribution in [0.3, 0.4) is 0 Å². The lowest BCUT2D eigenvalue weighted by Crippen LogP contribution is -2.57. The first-order valence-corrected chi connectivity index (χ1v) is 18.6. The fourth-order valence-corrected chi connectivity index (χ4v) is 7.76. The molecule has 0 saturated carbocycles. The smallest absolute Gasteiger partial charge is 0.406 e. The van der Waals surface area contributed by atoms with E-state index in [1.54, 1.807) is 44.2 Å². The van der Waals surface area contributed by atoms with E-state index in [1.165, 1.54) is 30.3 Å². The number of aliphatic hydroxyl groups is 1. The molecule has 0 aromatic heterocycles. The molecule has 1 saturated heterocycles. The van der Waals surface area contributed by atoms with Crippen LogP contribution in [0.1, 0.15) is 38.8 Å². The first kappa shape index (κ1) is 41.4. The van der Waals surface area contributed by atoms with Gasteiger partial charge in [-0.25, -0.2) is 13.2 Å². The second-order valence-electron chi connectivity index (χ2n) is 13.5. The quantitative estimate of drug-likeness (QED) is 0.135. The van der Waals surface area contributed by atoms with E-state index in [0.717, 1.165) is 31.8 Å². The third-order valence-corrected chi connectivity index (χ3v) is 10.6. The van der Waals surface area contributed by atoms with E-state index in [0.29, 0.717) is 5.56 Å². The van der Waals surface area contributed by atoms with Gasteiger partial charge in [-0.05, 0) is 59.7 Å². The third-order valence-electron chi connectivity index (χ3n) is 8.47. The van der Waals surface area contributed by atoms with Crippen LogP contribution < -0.4 is 15.8 Å². The van der Waals surface area contributed by atoms with Gasteiger partial charge >= 0.3 is 12.4 Å². The molecule has 12 nitrogen and oxygen atoms in total. The minimum Gasteiger partial charge on any atom is -0.406 e. The minimum absolute atomic E-state index is 0.0286. The molecule has 17 heteroatoms. The normalized spacial score (nSPS) is 15.7. The number of amides is 4. The minimum atomic E-state index is -4.89. The van der Waals surface area contributed by atoms with Gasteiger partial charge in [-0.1, -0.05) is 81.8 Å². The van der Waals surface area contributed by atoms with Gasteiger partial charge in [-0.3, -0.25) is 14.5 Å². The number of carbonyl (C=O) groups excluding carboxylic acids is 3. The van der Waals surface area contributed by atoms with Gasteiger partial charge in [0, 0.05) is 13.1 Å². The van der Waals surface area contributed by atoms with Crippen LogP contribution in [-0.4, -0.2) is 89.7 Å². The number of urea groups is 1. The number of nitrogens with two attached hydrogens (primary N) is 1. The molecular weight excluding hydrogens is 739 g/mol. The molecule has 1 fully saturated rings. The molecule has 288 valence electrons. The number of hydrogen-bond donors (Lipinski definition) is 3. The number of benzene rings is 3. The predicted molar refractivity (Wildman–Crippen MR) is 192 cm³/mol. The summed E-state index contributed by atoms with van der Waals surface area (Å²) in [6.45, 7) is 5.91. The average Bonchev–Trinajstić information content (AvgIpc) is 3.33. The van der Waals surface area contributed by atoms with E-state index < -0.39 is 77.2 Å². The molecule has 1 aliphatic heterocycles. The van der Waals surface area contributed by atoms with Gasteiger partial charge in [-0.2, -0.15) is 4.31 Å². The van der Waals surface area contributed by atoms with Crippen LogP contribution >= 0.6 is 11.6 Å². The standard InChI is InChI=1S/C36H43ClF3N5O7S/c1-22(2)18-43(53(50,51)27-14-15-28(37)29(41)17-27)20-31(46)30(16-24-8-6-5-7-9-24)42-34(48)33(23(3)4)45-21-32(47)44(35(45)49)19-25-10-12-26(13-11-25)52-36(38,39)40/h5-15,17,22-23,30-31,33,46H,16,18-21,41H2,1-4H3,(H,42,48)/t30-,31-,33-/m0/s1. The molecule has 0 spiro atoms. The lowest BCUT2D eigenvalue weighted by atomic mass is 9.97. The van der Waals surface area contributed by atoms with Crippen LogP contribution in [0, 0.1) is 11.8 Å². The van der Waals surface area contributed by atoms with Crippen molar-refractivity contribution in [3.8, 4) is 5.75 Å². The number of aliphatic hydroxyl groups excluding tert-OH is 1. The van der Waals surface area contributed by atoms with E-state index >= 15 is 0 Å². The van der Waals surface area contributed by atoms with Crippen molar-refractivity contribution >= 4 is 45.2 Å². The average molecular weight is 782 g/mol. The van der Waals surface area contributed by atoms with Crippen LogP contribution in [-0.2, 0) is 32.6 Å². The van der Waals surface area contributed by atoms with Gasteiger partial charge in [0.2, 0.25) is 15.9 Å². The highest BCUT2D eigenvalue weighted by molar-refractivity contribution is 7.89. The predicted octanol–water partition coefficient (Wildman–Crippen LogP) is 5.04. The van der Waals surface area contributed by atoms with Gasteiger partial charge in [0.15, 0.2) is 0 Å². The number of nitrogens with one attached hydrogen (secondary N) is 1. The molecule has 1 heterocycles. The fraction of sp³-hybridized carbons (Fsp3) is 0.417. The maximum atomic E-state index is 14.1. The van der Waals surface area contributed by atoms with E-state index in [9.17, 15) is 41.1 Å². The molecule has 1 aliphatic rings. The molecule has 0 bridgehead atoms. The number of anilines is 1. The number of alkyl halides is 3. The van der Waals surface area contributed by atoms with E-state index in [4.69, 9.17) is 17.3 Å². The zero-order valence-corrected chi connectivity index (χ0v) is 31.2. The van der Waals surface area contributed by atoms with Gasteiger partial charge < -0.3 is 25.8 Å². The molecule has 53 heavy (non-hydrogen) atoms. The molecule has 3 atom stereocenters. The zero-order chi connectivity index (χ0) is 39.2. The fourth-order valence-electron chi connectivity index (χ4n) is 5.98. The molecule has 3 aromatic rings.